The molecule has 2 aromatic carbocycles. The molecule has 7 heteroatoms. The highest BCUT2D eigenvalue weighted by molar-refractivity contribution is 6.30. The van der Waals surface area contributed by atoms with E-state index in [9.17, 15) is 4.79 Å². The highest BCUT2D eigenvalue weighted by atomic mass is 35.5. The molecule has 2 heterocycles. The Morgan fingerprint density at radius 3 is 2.60 bits per heavy atom. The van der Waals surface area contributed by atoms with Crippen LogP contribution in [-0.2, 0) is 6.42 Å². The summed E-state index contributed by atoms with van der Waals surface area (Å²) in [5.41, 5.74) is 7.05. The molecule has 0 atom stereocenters. The molecule has 0 aliphatic carbocycles. The number of fused-ring (bicyclic) bond motifs is 1. The summed E-state index contributed by atoms with van der Waals surface area (Å²) in [6.45, 7) is 7.84. The van der Waals surface area contributed by atoms with E-state index in [1.54, 1.807) is 4.52 Å². The predicted octanol–water partition coefficient (Wildman–Crippen LogP) is 5.18. The van der Waals surface area contributed by atoms with Crippen molar-refractivity contribution in [3.05, 3.63) is 75.7 Å². The molecular weight excluding hydrogens is 398 g/mol. The van der Waals surface area contributed by atoms with Crippen molar-refractivity contribution in [2.75, 3.05) is 5.32 Å². The van der Waals surface area contributed by atoms with Crippen molar-refractivity contribution in [1.29, 1.82) is 0 Å². The van der Waals surface area contributed by atoms with Crippen LogP contribution in [0.15, 0.2) is 42.5 Å². The number of halogens is 1. The second-order valence-corrected chi connectivity index (χ2v) is 7.76. The van der Waals surface area contributed by atoms with Crippen LogP contribution < -0.4 is 5.32 Å². The molecule has 0 spiro atoms. The Labute approximate surface area is 179 Å². The second-order valence-electron chi connectivity index (χ2n) is 7.33. The number of hydrogen-bond acceptors (Lipinski definition) is 4. The second kappa shape index (κ2) is 7.88. The number of nitrogens with zero attached hydrogens (tertiary/aromatic N) is 4. The molecular formula is C23H22ClN5O. The van der Waals surface area contributed by atoms with E-state index in [-0.39, 0.29) is 11.6 Å². The molecule has 0 aliphatic heterocycles. The summed E-state index contributed by atoms with van der Waals surface area (Å²) in [6, 6.07) is 13.5. The van der Waals surface area contributed by atoms with Crippen molar-refractivity contribution in [3.63, 3.8) is 0 Å². The summed E-state index contributed by atoms with van der Waals surface area (Å²) >= 11 is 6.19. The zero-order valence-corrected chi connectivity index (χ0v) is 18.1. The highest BCUT2D eigenvalue weighted by Gasteiger charge is 2.21. The van der Waals surface area contributed by atoms with Crippen LogP contribution in [0.5, 0.6) is 0 Å². The van der Waals surface area contributed by atoms with E-state index in [1.807, 2.05) is 70.2 Å². The van der Waals surface area contributed by atoms with Crippen LogP contribution in [0.2, 0.25) is 5.02 Å². The van der Waals surface area contributed by atoms with Crippen molar-refractivity contribution in [2.24, 2.45) is 0 Å². The van der Waals surface area contributed by atoms with Gasteiger partial charge in [-0.1, -0.05) is 48.4 Å². The molecule has 152 valence electrons. The Bertz CT molecular complexity index is 1280. The number of rotatable bonds is 4. The number of carbonyl (C=O) groups excluding carboxylic acids is 1. The zero-order chi connectivity index (χ0) is 21.4. The maximum absolute atomic E-state index is 12.9. The number of hydrogen-bond donors (Lipinski definition) is 1. The molecule has 0 radical (unpaired) electrons. The van der Waals surface area contributed by atoms with Gasteiger partial charge in [0.05, 0.1) is 17.0 Å². The predicted molar refractivity (Wildman–Crippen MR) is 119 cm³/mol. The molecule has 1 N–H and O–H groups in total. The normalized spacial score (nSPS) is 11.1. The Balaban J connectivity index is 1.78. The Morgan fingerprint density at radius 1 is 1.10 bits per heavy atom. The monoisotopic (exact) mass is 419 g/mol. The molecule has 0 bridgehead atoms. The molecule has 4 aromatic rings. The Morgan fingerprint density at radius 2 is 1.90 bits per heavy atom. The lowest BCUT2D eigenvalue weighted by atomic mass is 10.0. The van der Waals surface area contributed by atoms with Crippen LogP contribution in [0.1, 0.15) is 39.9 Å². The van der Waals surface area contributed by atoms with Crippen molar-refractivity contribution in [3.8, 4) is 11.1 Å². The van der Waals surface area contributed by atoms with E-state index in [0.717, 1.165) is 40.1 Å². The lowest BCUT2D eigenvalue weighted by Crippen LogP contribution is -2.19. The smallest absolute Gasteiger partial charge is 0.278 e. The minimum atomic E-state index is -0.313. The summed E-state index contributed by atoms with van der Waals surface area (Å²) in [5.74, 6) is -0.313. The number of benzene rings is 2. The van der Waals surface area contributed by atoms with E-state index >= 15 is 0 Å². The molecule has 2 aromatic heterocycles. The van der Waals surface area contributed by atoms with Gasteiger partial charge in [-0.15, -0.1) is 10.2 Å². The first-order valence-electron chi connectivity index (χ1n) is 9.78. The van der Waals surface area contributed by atoms with Crippen molar-refractivity contribution >= 4 is 28.8 Å². The van der Waals surface area contributed by atoms with Crippen LogP contribution in [-0.4, -0.2) is 25.7 Å². The van der Waals surface area contributed by atoms with Gasteiger partial charge in [-0.2, -0.15) is 5.10 Å². The van der Waals surface area contributed by atoms with Crippen LogP contribution >= 0.6 is 11.6 Å². The van der Waals surface area contributed by atoms with Gasteiger partial charge in [0.1, 0.15) is 0 Å². The Kier molecular flexibility index (Phi) is 5.26. The van der Waals surface area contributed by atoms with Gasteiger partial charge in [0.2, 0.25) is 0 Å². The molecule has 30 heavy (non-hydrogen) atoms. The first-order chi connectivity index (χ1) is 14.4. The van der Waals surface area contributed by atoms with Gasteiger partial charge in [0.25, 0.3) is 5.91 Å². The molecule has 0 aliphatic rings. The Hall–Kier alpha value is -3.25. The van der Waals surface area contributed by atoms with E-state index < -0.39 is 0 Å². The van der Waals surface area contributed by atoms with Crippen molar-refractivity contribution < 1.29 is 4.79 Å². The fourth-order valence-corrected chi connectivity index (χ4v) is 3.77. The fraction of sp³-hybridized carbons (Fsp3) is 0.217. The standard InChI is InChI=1S/C23H22ClN5O/c1-5-18-20(16-7-6-8-17(24)12-16)22-27-26-21(15(4)29(22)28-18)23(30)25-19-10-9-13(2)11-14(19)3/h6-12H,5H2,1-4H3,(H,25,30). The number of anilines is 1. The molecule has 0 saturated carbocycles. The van der Waals surface area contributed by atoms with Crippen LogP contribution in [0.25, 0.3) is 16.8 Å². The molecule has 0 saturated heterocycles. The summed E-state index contributed by atoms with van der Waals surface area (Å²) in [4.78, 5) is 12.9. The third-order valence-electron chi connectivity index (χ3n) is 5.13. The quantitative estimate of drug-likeness (QED) is 0.494. The van der Waals surface area contributed by atoms with E-state index in [1.165, 1.54) is 0 Å². The lowest BCUT2D eigenvalue weighted by Gasteiger charge is -2.10. The third kappa shape index (κ3) is 3.55. The van der Waals surface area contributed by atoms with Gasteiger partial charge in [-0.25, -0.2) is 4.52 Å². The van der Waals surface area contributed by atoms with Crippen LogP contribution in [0.4, 0.5) is 5.69 Å². The fourth-order valence-electron chi connectivity index (χ4n) is 3.58. The number of amides is 1. The SMILES string of the molecule is CCc1nn2c(C)c(C(=O)Nc3ccc(C)cc3C)nnc2c1-c1cccc(Cl)c1. The number of nitrogens with one attached hydrogen (secondary N) is 1. The van der Waals surface area contributed by atoms with Gasteiger partial charge >= 0.3 is 0 Å². The van der Waals surface area contributed by atoms with Gasteiger partial charge in [-0.05, 0) is 56.5 Å². The van der Waals surface area contributed by atoms with Crippen molar-refractivity contribution in [1.82, 2.24) is 19.8 Å². The van der Waals surface area contributed by atoms with E-state index in [0.29, 0.717) is 16.4 Å². The zero-order valence-electron chi connectivity index (χ0n) is 17.3. The molecule has 4 rings (SSSR count). The van der Waals surface area contributed by atoms with Crippen LogP contribution in [0, 0.1) is 20.8 Å². The third-order valence-corrected chi connectivity index (χ3v) is 5.37. The lowest BCUT2D eigenvalue weighted by molar-refractivity contribution is 0.102. The minimum absolute atomic E-state index is 0.241. The van der Waals surface area contributed by atoms with Crippen molar-refractivity contribution in [2.45, 2.75) is 34.1 Å². The highest BCUT2D eigenvalue weighted by Crippen LogP contribution is 2.30. The molecule has 1 amide bonds. The van der Waals surface area contributed by atoms with Gasteiger partial charge in [0.15, 0.2) is 11.3 Å². The summed E-state index contributed by atoms with van der Waals surface area (Å²) < 4.78 is 1.69. The largest absolute Gasteiger partial charge is 0.320 e. The number of aryl methyl sites for hydroxylation is 4. The minimum Gasteiger partial charge on any atom is -0.320 e. The average molecular weight is 420 g/mol. The summed E-state index contributed by atoms with van der Waals surface area (Å²) in [5, 5.41) is 16.9. The maximum atomic E-state index is 12.9. The maximum Gasteiger partial charge on any atom is 0.278 e. The van der Waals surface area contributed by atoms with Gasteiger partial charge in [0, 0.05) is 10.7 Å². The average Bonchev–Trinajstić information content (AvgIpc) is 3.10. The topological polar surface area (TPSA) is 72.2 Å². The first kappa shape index (κ1) is 20.0. The first-order valence-corrected chi connectivity index (χ1v) is 10.2. The summed E-state index contributed by atoms with van der Waals surface area (Å²) in [7, 11) is 0. The molecule has 6 nitrogen and oxygen atoms in total. The molecule has 0 unspecified atom stereocenters. The van der Waals surface area contributed by atoms with E-state index in [2.05, 4.69) is 15.5 Å². The van der Waals surface area contributed by atoms with Gasteiger partial charge in [-0.3, -0.25) is 4.79 Å². The summed E-state index contributed by atoms with van der Waals surface area (Å²) in [6.07, 6.45) is 0.717. The number of carbonyl (C=O) groups is 1. The van der Waals surface area contributed by atoms with E-state index in [4.69, 9.17) is 16.7 Å². The van der Waals surface area contributed by atoms with Gasteiger partial charge < -0.3 is 5.32 Å². The number of aromatic nitrogens is 4. The van der Waals surface area contributed by atoms with Crippen LogP contribution in [0.3, 0.4) is 0 Å². The molecule has 0 fully saturated rings.